The van der Waals surface area contributed by atoms with Crippen molar-refractivity contribution in [1.29, 1.82) is 0 Å². The number of allylic oxidation sites excluding steroid dienone is 4. The van der Waals surface area contributed by atoms with Gasteiger partial charge in [0.15, 0.2) is 0 Å². The maximum absolute atomic E-state index is 2.40. The third kappa shape index (κ3) is 1.35. The Labute approximate surface area is 75.4 Å². The fraction of sp³-hybridized carbons (Fsp3) is 0.667. The van der Waals surface area contributed by atoms with Crippen LogP contribution in [0.2, 0.25) is 0 Å². The Balaban J connectivity index is 2.14. The molecular weight excluding hydrogens is 144 g/mol. The lowest BCUT2D eigenvalue weighted by molar-refractivity contribution is 0.672. The number of hydrogen-bond donors (Lipinski definition) is 0. The van der Waals surface area contributed by atoms with Crippen molar-refractivity contribution in [1.82, 2.24) is 0 Å². The summed E-state index contributed by atoms with van der Waals surface area (Å²) in [5, 5.41) is 0. The van der Waals surface area contributed by atoms with Crippen molar-refractivity contribution in [2.75, 3.05) is 0 Å². The van der Waals surface area contributed by atoms with E-state index < -0.39 is 0 Å². The summed E-state index contributed by atoms with van der Waals surface area (Å²) in [6.45, 7) is 4.65. The molecule has 0 aromatic heterocycles. The molecule has 0 aliphatic heterocycles. The molecule has 0 radical (unpaired) electrons. The second kappa shape index (κ2) is 3.08. The average Bonchev–Trinajstić information content (AvgIpc) is 2.80. The zero-order valence-corrected chi connectivity index (χ0v) is 8.19. The van der Waals surface area contributed by atoms with Gasteiger partial charge in [-0.15, -0.1) is 0 Å². The number of rotatable bonds is 3. The Morgan fingerprint density at radius 2 is 2.17 bits per heavy atom. The molecule has 0 saturated heterocycles. The monoisotopic (exact) mass is 162 g/mol. The first kappa shape index (κ1) is 8.10. The van der Waals surface area contributed by atoms with E-state index in [4.69, 9.17) is 0 Å². The van der Waals surface area contributed by atoms with Crippen LogP contribution < -0.4 is 0 Å². The van der Waals surface area contributed by atoms with Gasteiger partial charge in [-0.2, -0.15) is 0 Å². The normalized spacial score (nSPS) is 24.3. The van der Waals surface area contributed by atoms with Crippen LogP contribution in [0.5, 0.6) is 0 Å². The van der Waals surface area contributed by atoms with E-state index in [1.54, 1.807) is 16.7 Å². The predicted molar refractivity (Wildman–Crippen MR) is 53.0 cm³/mol. The molecule has 0 saturated carbocycles. The Morgan fingerprint density at radius 3 is 2.58 bits per heavy atom. The minimum atomic E-state index is 0.840. The highest BCUT2D eigenvalue weighted by atomic mass is 14.3. The minimum absolute atomic E-state index is 0.840. The molecule has 1 unspecified atom stereocenters. The van der Waals surface area contributed by atoms with E-state index in [-0.39, 0.29) is 0 Å². The second-order valence-corrected chi connectivity index (χ2v) is 4.10. The second-order valence-electron chi connectivity index (χ2n) is 4.10. The fourth-order valence-corrected chi connectivity index (χ4v) is 2.47. The van der Waals surface area contributed by atoms with Crippen LogP contribution in [0, 0.1) is 5.92 Å². The van der Waals surface area contributed by atoms with Gasteiger partial charge in [-0.05, 0) is 39.0 Å². The minimum Gasteiger partial charge on any atom is -0.0803 e. The highest BCUT2D eigenvalue weighted by Crippen LogP contribution is 2.41. The fourth-order valence-electron chi connectivity index (χ4n) is 2.47. The summed E-state index contributed by atoms with van der Waals surface area (Å²) in [6.07, 6.45) is 9.16. The van der Waals surface area contributed by atoms with Gasteiger partial charge >= 0.3 is 0 Å². The molecule has 0 heterocycles. The average molecular weight is 162 g/mol. The van der Waals surface area contributed by atoms with Gasteiger partial charge in [0.1, 0.15) is 0 Å². The van der Waals surface area contributed by atoms with Crippen molar-refractivity contribution >= 4 is 0 Å². The maximum Gasteiger partial charge on any atom is 0.00101 e. The topological polar surface area (TPSA) is 0 Å². The molecule has 0 fully saturated rings. The molecule has 66 valence electrons. The molecule has 0 aromatic rings. The van der Waals surface area contributed by atoms with Crippen LogP contribution >= 0.6 is 0 Å². The summed E-state index contributed by atoms with van der Waals surface area (Å²) < 4.78 is 0. The molecule has 0 N–H and O–H groups in total. The first-order valence-corrected chi connectivity index (χ1v) is 5.20. The van der Waals surface area contributed by atoms with E-state index in [9.17, 15) is 0 Å². The van der Waals surface area contributed by atoms with E-state index in [2.05, 4.69) is 19.9 Å². The number of hydrogen-bond acceptors (Lipinski definition) is 0. The Kier molecular flexibility index (Phi) is 2.08. The van der Waals surface area contributed by atoms with Crippen LogP contribution in [-0.2, 0) is 0 Å². The Hall–Kier alpha value is -0.520. The van der Waals surface area contributed by atoms with Crippen LogP contribution in [0.15, 0.2) is 22.8 Å². The van der Waals surface area contributed by atoms with Gasteiger partial charge in [0, 0.05) is 5.92 Å². The molecular formula is C12H18. The lowest BCUT2D eigenvalue weighted by Gasteiger charge is -2.14. The van der Waals surface area contributed by atoms with Crippen molar-refractivity contribution in [2.45, 2.75) is 46.0 Å². The van der Waals surface area contributed by atoms with Crippen LogP contribution in [0.4, 0.5) is 0 Å². The van der Waals surface area contributed by atoms with E-state index in [1.807, 2.05) is 0 Å². The summed E-state index contributed by atoms with van der Waals surface area (Å²) >= 11 is 0. The lowest BCUT2D eigenvalue weighted by Crippen LogP contribution is -2.00. The van der Waals surface area contributed by atoms with Crippen molar-refractivity contribution in [3.8, 4) is 0 Å². The summed E-state index contributed by atoms with van der Waals surface area (Å²) in [6, 6.07) is 0. The molecule has 0 spiro atoms. The van der Waals surface area contributed by atoms with Gasteiger partial charge in [0.2, 0.25) is 0 Å². The Bertz CT molecular complexity index is 243. The predicted octanol–water partition coefficient (Wildman–Crippen LogP) is 3.84. The third-order valence-electron chi connectivity index (χ3n) is 3.26. The summed E-state index contributed by atoms with van der Waals surface area (Å²) in [5.74, 6) is 0.840. The van der Waals surface area contributed by atoms with Gasteiger partial charge < -0.3 is 0 Å². The quantitative estimate of drug-likeness (QED) is 0.553. The van der Waals surface area contributed by atoms with E-state index >= 15 is 0 Å². The zero-order chi connectivity index (χ0) is 8.55. The van der Waals surface area contributed by atoms with Crippen molar-refractivity contribution in [3.63, 3.8) is 0 Å². The highest BCUT2D eigenvalue weighted by Gasteiger charge is 2.25. The molecule has 2 rings (SSSR count). The van der Waals surface area contributed by atoms with Gasteiger partial charge in [-0.3, -0.25) is 0 Å². The van der Waals surface area contributed by atoms with Crippen molar-refractivity contribution in [3.05, 3.63) is 22.8 Å². The Morgan fingerprint density at radius 1 is 1.42 bits per heavy atom. The standard InChI is InChI=1S/C12H18/c1-3-11(10-7-8-10)12-6-4-5-9(12)2/h7,11H,3-6,8H2,1-2H3. The summed E-state index contributed by atoms with van der Waals surface area (Å²) in [4.78, 5) is 0. The van der Waals surface area contributed by atoms with E-state index in [1.165, 1.54) is 32.1 Å². The van der Waals surface area contributed by atoms with Gasteiger partial charge in [0.05, 0.1) is 0 Å². The first-order valence-electron chi connectivity index (χ1n) is 5.20. The SMILES string of the molecule is CCC(C1=CC1)C1=C(C)CCC1. The van der Waals surface area contributed by atoms with Crippen molar-refractivity contribution in [2.24, 2.45) is 5.92 Å². The van der Waals surface area contributed by atoms with Crippen LogP contribution in [0.1, 0.15) is 46.0 Å². The van der Waals surface area contributed by atoms with Crippen LogP contribution in [-0.4, -0.2) is 0 Å². The zero-order valence-electron chi connectivity index (χ0n) is 8.19. The van der Waals surface area contributed by atoms with Gasteiger partial charge in [-0.25, -0.2) is 0 Å². The van der Waals surface area contributed by atoms with Crippen LogP contribution in [0.25, 0.3) is 0 Å². The molecule has 2 aliphatic rings. The van der Waals surface area contributed by atoms with E-state index in [0.29, 0.717) is 0 Å². The van der Waals surface area contributed by atoms with Crippen molar-refractivity contribution < 1.29 is 0 Å². The molecule has 12 heavy (non-hydrogen) atoms. The molecule has 1 atom stereocenters. The maximum atomic E-state index is 2.40. The largest absolute Gasteiger partial charge is 0.0803 e. The third-order valence-corrected chi connectivity index (χ3v) is 3.26. The smallest absolute Gasteiger partial charge is 0.00101 e. The molecule has 0 heteroatoms. The molecule has 0 bridgehead atoms. The molecule has 0 aromatic carbocycles. The molecule has 2 aliphatic carbocycles. The summed E-state index contributed by atoms with van der Waals surface area (Å²) in [7, 11) is 0. The summed E-state index contributed by atoms with van der Waals surface area (Å²) in [5.41, 5.74) is 5.18. The molecule has 0 amide bonds. The van der Waals surface area contributed by atoms with Crippen LogP contribution in [0.3, 0.4) is 0 Å². The first-order chi connectivity index (χ1) is 5.83. The van der Waals surface area contributed by atoms with Gasteiger partial charge in [0.25, 0.3) is 0 Å². The van der Waals surface area contributed by atoms with E-state index in [0.717, 1.165) is 5.92 Å². The van der Waals surface area contributed by atoms with Gasteiger partial charge in [-0.1, -0.05) is 29.7 Å². The highest BCUT2D eigenvalue weighted by molar-refractivity contribution is 5.35. The molecule has 0 nitrogen and oxygen atoms in total. The lowest BCUT2D eigenvalue weighted by atomic mass is 9.91.